The van der Waals surface area contributed by atoms with Crippen LogP contribution in [0.3, 0.4) is 0 Å². The largest absolute Gasteiger partial charge is 0.395 e. The average molecular weight is 246 g/mol. The molecule has 3 nitrogen and oxygen atoms in total. The zero-order valence-corrected chi connectivity index (χ0v) is 12.3. The molecule has 0 N–H and O–H groups in total. The first-order chi connectivity index (χ1) is 7.64. The first-order valence-corrected chi connectivity index (χ1v) is 8.07. The van der Waals surface area contributed by atoms with E-state index in [-0.39, 0.29) is 11.3 Å². The number of hydrogen-bond acceptors (Lipinski definition) is 3. The standard InChI is InChI=1S/C12H26O3Si/c1-5-13-16(14-6-2)12(15-11(3)4)9-7-8-10-12/h11,16H,5-10H2,1-4H3. The van der Waals surface area contributed by atoms with Crippen molar-refractivity contribution in [3.63, 3.8) is 0 Å². The summed E-state index contributed by atoms with van der Waals surface area (Å²) in [7, 11) is -1.70. The Labute approximate surface area is 101 Å². The van der Waals surface area contributed by atoms with Crippen molar-refractivity contribution in [2.75, 3.05) is 13.2 Å². The molecule has 0 aromatic heterocycles. The molecule has 0 radical (unpaired) electrons. The Morgan fingerprint density at radius 2 is 1.56 bits per heavy atom. The van der Waals surface area contributed by atoms with Gasteiger partial charge in [0.1, 0.15) is 5.22 Å². The lowest BCUT2D eigenvalue weighted by Crippen LogP contribution is -2.51. The van der Waals surface area contributed by atoms with Gasteiger partial charge in [-0.15, -0.1) is 0 Å². The second kappa shape index (κ2) is 6.74. The van der Waals surface area contributed by atoms with Gasteiger partial charge in [0.15, 0.2) is 0 Å². The third-order valence-corrected chi connectivity index (χ3v) is 5.83. The number of hydrogen-bond donors (Lipinski definition) is 0. The molecular weight excluding hydrogens is 220 g/mol. The molecule has 1 aliphatic carbocycles. The molecule has 1 saturated carbocycles. The summed E-state index contributed by atoms with van der Waals surface area (Å²) < 4.78 is 17.9. The second-order valence-corrected chi connectivity index (χ2v) is 7.06. The van der Waals surface area contributed by atoms with E-state index in [4.69, 9.17) is 13.6 Å². The highest BCUT2D eigenvalue weighted by atomic mass is 28.3. The van der Waals surface area contributed by atoms with Crippen molar-refractivity contribution < 1.29 is 13.6 Å². The summed E-state index contributed by atoms with van der Waals surface area (Å²) in [5.74, 6) is 0. The van der Waals surface area contributed by atoms with Crippen LogP contribution in [-0.4, -0.2) is 33.8 Å². The fraction of sp³-hybridized carbons (Fsp3) is 1.00. The molecule has 0 aromatic carbocycles. The molecular formula is C12H26O3Si. The molecule has 0 saturated heterocycles. The molecule has 1 fully saturated rings. The minimum atomic E-state index is -1.70. The van der Waals surface area contributed by atoms with Gasteiger partial charge in [0, 0.05) is 13.2 Å². The summed E-state index contributed by atoms with van der Waals surface area (Å²) in [6.45, 7) is 9.75. The summed E-state index contributed by atoms with van der Waals surface area (Å²) in [4.78, 5) is 0. The van der Waals surface area contributed by atoms with Gasteiger partial charge in [0.05, 0.1) is 6.10 Å². The van der Waals surface area contributed by atoms with E-state index >= 15 is 0 Å². The quantitative estimate of drug-likeness (QED) is 0.646. The SMILES string of the molecule is CCO[SiH](OCC)C1(OC(C)C)CCCC1. The molecule has 1 rings (SSSR count). The lowest BCUT2D eigenvalue weighted by atomic mass is 10.3. The lowest BCUT2D eigenvalue weighted by Gasteiger charge is -2.36. The fourth-order valence-corrected chi connectivity index (χ4v) is 5.08. The fourth-order valence-electron chi connectivity index (χ4n) is 2.51. The minimum absolute atomic E-state index is 0.0693. The Morgan fingerprint density at radius 3 is 1.94 bits per heavy atom. The highest BCUT2D eigenvalue weighted by Gasteiger charge is 2.47. The highest BCUT2D eigenvalue weighted by molar-refractivity contribution is 6.48. The molecule has 16 heavy (non-hydrogen) atoms. The van der Waals surface area contributed by atoms with Crippen molar-refractivity contribution in [1.29, 1.82) is 0 Å². The van der Waals surface area contributed by atoms with Crippen LogP contribution in [0.2, 0.25) is 0 Å². The maximum absolute atomic E-state index is 6.18. The van der Waals surface area contributed by atoms with Gasteiger partial charge in [0.25, 0.3) is 0 Å². The van der Waals surface area contributed by atoms with Crippen LogP contribution >= 0.6 is 0 Å². The van der Waals surface area contributed by atoms with Crippen LogP contribution in [0.25, 0.3) is 0 Å². The number of rotatable bonds is 7. The van der Waals surface area contributed by atoms with Gasteiger partial charge in [-0.1, -0.05) is 12.8 Å². The van der Waals surface area contributed by atoms with Crippen LogP contribution in [-0.2, 0) is 13.6 Å². The van der Waals surface area contributed by atoms with E-state index in [1.807, 2.05) is 13.8 Å². The number of ether oxygens (including phenoxy) is 1. The van der Waals surface area contributed by atoms with E-state index in [9.17, 15) is 0 Å². The Morgan fingerprint density at radius 1 is 1.06 bits per heavy atom. The Bertz CT molecular complexity index is 185. The molecule has 0 aromatic rings. The summed E-state index contributed by atoms with van der Waals surface area (Å²) >= 11 is 0. The molecule has 4 heteroatoms. The Kier molecular flexibility index (Phi) is 5.96. The van der Waals surface area contributed by atoms with Crippen LogP contribution in [0.15, 0.2) is 0 Å². The maximum atomic E-state index is 6.18. The third kappa shape index (κ3) is 3.55. The smallest absolute Gasteiger partial charge is 0.354 e. The van der Waals surface area contributed by atoms with Crippen LogP contribution in [0, 0.1) is 0 Å². The van der Waals surface area contributed by atoms with Crippen LogP contribution < -0.4 is 0 Å². The van der Waals surface area contributed by atoms with E-state index in [0.717, 1.165) is 26.1 Å². The normalized spacial score (nSPS) is 19.9. The van der Waals surface area contributed by atoms with Gasteiger partial charge in [-0.25, -0.2) is 0 Å². The van der Waals surface area contributed by atoms with Crippen molar-refractivity contribution in [3.05, 3.63) is 0 Å². The molecule has 0 atom stereocenters. The maximum Gasteiger partial charge on any atom is 0.354 e. The minimum Gasteiger partial charge on any atom is -0.395 e. The molecule has 0 amide bonds. The summed E-state index contributed by atoms with van der Waals surface area (Å²) in [6, 6.07) is 0. The molecule has 0 spiro atoms. The molecule has 0 aliphatic heterocycles. The van der Waals surface area contributed by atoms with Crippen LogP contribution in [0.4, 0.5) is 0 Å². The molecule has 96 valence electrons. The van der Waals surface area contributed by atoms with Gasteiger partial charge in [0.2, 0.25) is 0 Å². The van der Waals surface area contributed by atoms with Crippen molar-refractivity contribution in [2.24, 2.45) is 0 Å². The predicted octanol–water partition coefficient (Wildman–Crippen LogP) is 2.56. The Hall–Kier alpha value is 0.0969. The zero-order chi connectivity index (χ0) is 12.0. The first kappa shape index (κ1) is 14.2. The summed E-state index contributed by atoms with van der Waals surface area (Å²) in [5, 5.41) is -0.0693. The van der Waals surface area contributed by atoms with Crippen LogP contribution in [0.1, 0.15) is 53.4 Å². The van der Waals surface area contributed by atoms with Gasteiger partial charge in [-0.3, -0.25) is 0 Å². The molecule has 0 heterocycles. The van der Waals surface area contributed by atoms with Crippen molar-refractivity contribution in [3.8, 4) is 0 Å². The predicted molar refractivity (Wildman–Crippen MR) is 67.8 cm³/mol. The van der Waals surface area contributed by atoms with E-state index in [2.05, 4.69) is 13.8 Å². The second-order valence-electron chi connectivity index (χ2n) is 4.68. The molecule has 0 bridgehead atoms. The lowest BCUT2D eigenvalue weighted by molar-refractivity contribution is -0.0501. The molecule has 0 unspecified atom stereocenters. The highest BCUT2D eigenvalue weighted by Crippen LogP contribution is 2.37. The monoisotopic (exact) mass is 246 g/mol. The van der Waals surface area contributed by atoms with Crippen molar-refractivity contribution >= 4 is 9.28 Å². The van der Waals surface area contributed by atoms with Crippen molar-refractivity contribution in [2.45, 2.75) is 64.7 Å². The van der Waals surface area contributed by atoms with E-state index in [0.29, 0.717) is 0 Å². The van der Waals surface area contributed by atoms with Gasteiger partial charge < -0.3 is 13.6 Å². The zero-order valence-electron chi connectivity index (χ0n) is 11.1. The Balaban J connectivity index is 2.71. The molecule has 1 aliphatic rings. The summed E-state index contributed by atoms with van der Waals surface area (Å²) in [6.07, 6.45) is 4.98. The van der Waals surface area contributed by atoms with E-state index in [1.165, 1.54) is 12.8 Å². The van der Waals surface area contributed by atoms with Crippen molar-refractivity contribution in [1.82, 2.24) is 0 Å². The van der Waals surface area contributed by atoms with Gasteiger partial charge >= 0.3 is 9.28 Å². The third-order valence-electron chi connectivity index (χ3n) is 2.99. The van der Waals surface area contributed by atoms with Crippen LogP contribution in [0.5, 0.6) is 0 Å². The van der Waals surface area contributed by atoms with Gasteiger partial charge in [-0.2, -0.15) is 0 Å². The van der Waals surface area contributed by atoms with E-state index < -0.39 is 9.28 Å². The first-order valence-electron chi connectivity index (χ1n) is 6.55. The summed E-state index contributed by atoms with van der Waals surface area (Å²) in [5.41, 5.74) is 0. The topological polar surface area (TPSA) is 27.7 Å². The van der Waals surface area contributed by atoms with Gasteiger partial charge in [-0.05, 0) is 40.5 Å². The average Bonchev–Trinajstić information content (AvgIpc) is 2.66. The van der Waals surface area contributed by atoms with E-state index in [1.54, 1.807) is 0 Å².